The lowest BCUT2D eigenvalue weighted by atomic mass is 10.1. The molecule has 2 aromatic heterocycles. The van der Waals surface area contributed by atoms with E-state index in [1.165, 1.54) is 6.42 Å². The first kappa shape index (κ1) is 18.5. The molecule has 6 nitrogen and oxygen atoms in total. The van der Waals surface area contributed by atoms with E-state index in [9.17, 15) is 4.79 Å². The lowest BCUT2D eigenvalue weighted by Crippen LogP contribution is -2.35. The number of aromatic nitrogens is 2. The number of anilines is 1. The molecule has 144 valence electrons. The monoisotopic (exact) mass is 396 g/mol. The molecule has 1 N–H and O–H groups in total. The van der Waals surface area contributed by atoms with Crippen LogP contribution < -0.4 is 5.32 Å². The van der Waals surface area contributed by atoms with Crippen molar-refractivity contribution < 1.29 is 9.32 Å². The Labute approximate surface area is 168 Å². The third kappa shape index (κ3) is 4.17. The molecule has 0 bridgehead atoms. The van der Waals surface area contributed by atoms with Gasteiger partial charge in [0.05, 0.1) is 17.1 Å². The molecular formula is C21H21ClN4O2. The minimum atomic E-state index is -0.00958. The van der Waals surface area contributed by atoms with Crippen LogP contribution in [0, 0.1) is 0 Å². The summed E-state index contributed by atoms with van der Waals surface area (Å²) in [5.74, 6) is 1.21. The number of hydrogen-bond acceptors (Lipinski definition) is 5. The number of halogens is 1. The highest BCUT2D eigenvalue weighted by molar-refractivity contribution is 6.33. The van der Waals surface area contributed by atoms with E-state index >= 15 is 0 Å². The van der Waals surface area contributed by atoms with Gasteiger partial charge in [-0.05, 0) is 25.3 Å². The molecule has 4 rings (SSSR count). The molecule has 1 saturated heterocycles. The Morgan fingerprint density at radius 2 is 1.93 bits per heavy atom. The van der Waals surface area contributed by atoms with E-state index in [1.54, 1.807) is 12.3 Å². The summed E-state index contributed by atoms with van der Waals surface area (Å²) in [6.45, 7) is 2.02. The fraction of sp³-hybridized carbons (Fsp3) is 0.286. The maximum Gasteiger partial charge on any atom is 0.255 e. The second-order valence-corrected chi connectivity index (χ2v) is 7.22. The first-order chi connectivity index (χ1) is 13.7. The predicted molar refractivity (Wildman–Crippen MR) is 108 cm³/mol. The Morgan fingerprint density at radius 1 is 1.14 bits per heavy atom. The van der Waals surface area contributed by atoms with Gasteiger partial charge in [-0.15, -0.1) is 0 Å². The largest absolute Gasteiger partial charge is 0.363 e. The molecule has 1 aliphatic rings. The molecule has 0 radical (unpaired) electrons. The number of carbonyl (C=O) groups is 1. The van der Waals surface area contributed by atoms with Crippen molar-refractivity contribution in [2.24, 2.45) is 0 Å². The number of nitrogens with one attached hydrogen (secondary N) is 1. The van der Waals surface area contributed by atoms with Crippen molar-refractivity contribution in [3.8, 4) is 11.3 Å². The van der Waals surface area contributed by atoms with E-state index in [-0.39, 0.29) is 5.91 Å². The zero-order valence-electron chi connectivity index (χ0n) is 15.4. The molecule has 0 saturated carbocycles. The molecule has 3 aromatic rings. The van der Waals surface area contributed by atoms with Crippen molar-refractivity contribution in [2.45, 2.75) is 25.8 Å². The highest BCUT2D eigenvalue weighted by Crippen LogP contribution is 2.24. The van der Waals surface area contributed by atoms with Crippen molar-refractivity contribution in [3.05, 3.63) is 64.9 Å². The zero-order valence-corrected chi connectivity index (χ0v) is 16.2. The maximum atomic E-state index is 12.6. The summed E-state index contributed by atoms with van der Waals surface area (Å²) in [5.41, 5.74) is 2.23. The third-order valence-electron chi connectivity index (χ3n) is 4.79. The van der Waals surface area contributed by atoms with Crippen molar-refractivity contribution in [1.82, 2.24) is 15.0 Å². The number of nitrogens with zero attached hydrogens (tertiary/aromatic N) is 3. The van der Waals surface area contributed by atoms with Gasteiger partial charge in [-0.3, -0.25) is 4.79 Å². The molecule has 1 aliphatic heterocycles. The van der Waals surface area contributed by atoms with Crippen LogP contribution in [0.1, 0.15) is 35.3 Å². The number of hydrogen-bond donors (Lipinski definition) is 1. The number of pyridine rings is 1. The summed E-state index contributed by atoms with van der Waals surface area (Å²) in [7, 11) is 0. The quantitative estimate of drug-likeness (QED) is 0.680. The van der Waals surface area contributed by atoms with Gasteiger partial charge in [-0.2, -0.15) is 0 Å². The Morgan fingerprint density at radius 3 is 2.68 bits per heavy atom. The lowest BCUT2D eigenvalue weighted by molar-refractivity contribution is 0.0724. The summed E-state index contributed by atoms with van der Waals surface area (Å²) in [4.78, 5) is 18.8. The molecule has 0 atom stereocenters. The number of carbonyl (C=O) groups excluding carboxylic acids is 1. The summed E-state index contributed by atoms with van der Waals surface area (Å²) in [5, 5.41) is 7.64. The van der Waals surface area contributed by atoms with Gasteiger partial charge in [0.1, 0.15) is 11.5 Å². The second-order valence-electron chi connectivity index (χ2n) is 6.81. The number of benzene rings is 1. The van der Waals surface area contributed by atoms with Gasteiger partial charge in [0.25, 0.3) is 5.91 Å². The van der Waals surface area contributed by atoms with Crippen molar-refractivity contribution in [1.29, 1.82) is 0 Å². The first-order valence-corrected chi connectivity index (χ1v) is 9.78. The Bertz CT molecular complexity index is 952. The smallest absolute Gasteiger partial charge is 0.255 e. The minimum Gasteiger partial charge on any atom is -0.363 e. The molecule has 1 fully saturated rings. The SMILES string of the molecule is O=C(c1cnc(NCc2cc(-c3ccccc3)on2)c(Cl)c1)N1CCCCC1. The number of piperidine rings is 1. The molecule has 0 unspecified atom stereocenters. The van der Waals surface area contributed by atoms with Gasteiger partial charge in [0.2, 0.25) is 0 Å². The molecule has 0 spiro atoms. The average Bonchev–Trinajstić information content (AvgIpc) is 3.23. The fourth-order valence-corrected chi connectivity index (χ4v) is 3.51. The van der Waals surface area contributed by atoms with Crippen LogP contribution >= 0.6 is 11.6 Å². The molecule has 1 aromatic carbocycles. The highest BCUT2D eigenvalue weighted by atomic mass is 35.5. The Hall–Kier alpha value is -2.86. The standard InChI is InChI=1S/C21H21ClN4O2/c22-18-11-16(21(27)26-9-5-2-6-10-26)13-23-20(18)24-14-17-12-19(28-25-17)15-7-3-1-4-8-15/h1,3-4,7-8,11-13H,2,5-6,9-10,14H2,(H,23,24). The molecule has 28 heavy (non-hydrogen) atoms. The van der Waals surface area contributed by atoms with Crippen LogP contribution in [0.3, 0.4) is 0 Å². The van der Waals surface area contributed by atoms with Gasteiger partial charge in [0.15, 0.2) is 5.76 Å². The summed E-state index contributed by atoms with van der Waals surface area (Å²) >= 11 is 6.34. The summed E-state index contributed by atoms with van der Waals surface area (Å²) in [6, 6.07) is 13.3. The fourth-order valence-electron chi connectivity index (χ4n) is 3.27. The van der Waals surface area contributed by atoms with E-state index < -0.39 is 0 Å². The van der Waals surface area contributed by atoms with Crippen LogP contribution in [0.15, 0.2) is 53.2 Å². The van der Waals surface area contributed by atoms with E-state index in [0.29, 0.717) is 28.7 Å². The van der Waals surface area contributed by atoms with Gasteiger partial charge >= 0.3 is 0 Å². The Balaban J connectivity index is 1.40. The van der Waals surface area contributed by atoms with Gasteiger partial charge < -0.3 is 14.7 Å². The van der Waals surface area contributed by atoms with Gasteiger partial charge in [-0.1, -0.05) is 47.1 Å². The third-order valence-corrected chi connectivity index (χ3v) is 5.07. The lowest BCUT2D eigenvalue weighted by Gasteiger charge is -2.26. The zero-order chi connectivity index (χ0) is 19.3. The van der Waals surface area contributed by atoms with Crippen LogP contribution in [-0.2, 0) is 6.54 Å². The van der Waals surface area contributed by atoms with Crippen molar-refractivity contribution >= 4 is 23.3 Å². The summed E-state index contributed by atoms with van der Waals surface area (Å²) < 4.78 is 5.39. The highest BCUT2D eigenvalue weighted by Gasteiger charge is 2.19. The molecule has 3 heterocycles. The first-order valence-electron chi connectivity index (χ1n) is 9.40. The van der Waals surface area contributed by atoms with Crippen molar-refractivity contribution in [3.63, 3.8) is 0 Å². The number of amides is 1. The summed E-state index contributed by atoms with van der Waals surface area (Å²) in [6.07, 6.45) is 4.85. The van der Waals surface area contributed by atoms with Crippen LogP contribution in [-0.4, -0.2) is 34.0 Å². The normalized spacial score (nSPS) is 14.1. The maximum absolute atomic E-state index is 12.6. The van der Waals surface area contributed by atoms with E-state index in [0.717, 1.165) is 37.2 Å². The van der Waals surface area contributed by atoms with Crippen molar-refractivity contribution in [2.75, 3.05) is 18.4 Å². The van der Waals surface area contributed by atoms with E-state index in [2.05, 4.69) is 15.5 Å². The van der Waals surface area contributed by atoms with Gasteiger partial charge in [-0.25, -0.2) is 4.98 Å². The number of rotatable bonds is 5. The van der Waals surface area contributed by atoms with Crippen LogP contribution in [0.5, 0.6) is 0 Å². The second kappa shape index (κ2) is 8.44. The van der Waals surface area contributed by atoms with Crippen LogP contribution in [0.2, 0.25) is 5.02 Å². The van der Waals surface area contributed by atoms with Crippen LogP contribution in [0.4, 0.5) is 5.82 Å². The minimum absolute atomic E-state index is 0.00958. The molecule has 7 heteroatoms. The van der Waals surface area contributed by atoms with E-state index in [4.69, 9.17) is 16.1 Å². The molecular weight excluding hydrogens is 376 g/mol. The topological polar surface area (TPSA) is 71.3 Å². The van der Waals surface area contributed by atoms with Gasteiger partial charge in [0, 0.05) is 30.9 Å². The molecule has 0 aliphatic carbocycles. The average molecular weight is 397 g/mol. The van der Waals surface area contributed by atoms with E-state index in [1.807, 2.05) is 41.3 Å². The Kier molecular flexibility index (Phi) is 5.58. The predicted octanol–water partition coefficient (Wildman–Crippen LogP) is 4.63. The molecule has 1 amide bonds. The van der Waals surface area contributed by atoms with Crippen LogP contribution in [0.25, 0.3) is 11.3 Å². The number of likely N-dealkylation sites (tertiary alicyclic amines) is 1.